The second-order valence-electron chi connectivity index (χ2n) is 5.52. The molecule has 1 unspecified atom stereocenters. The van der Waals surface area contributed by atoms with Gasteiger partial charge in [0, 0.05) is 13.1 Å². The van der Waals surface area contributed by atoms with Crippen LogP contribution in [0.15, 0.2) is 16.5 Å². The lowest BCUT2D eigenvalue weighted by atomic mass is 10.0. The van der Waals surface area contributed by atoms with Crippen molar-refractivity contribution in [3.8, 4) is 0 Å². The summed E-state index contributed by atoms with van der Waals surface area (Å²) in [6.45, 7) is 3.16. The molecule has 114 valence electrons. The molecule has 0 saturated carbocycles. The van der Waals surface area contributed by atoms with Crippen LogP contribution in [-0.4, -0.2) is 38.1 Å². The predicted molar refractivity (Wildman–Crippen MR) is 79.0 cm³/mol. The van der Waals surface area contributed by atoms with Gasteiger partial charge in [-0.2, -0.15) is 4.31 Å². The summed E-state index contributed by atoms with van der Waals surface area (Å²) < 4.78 is 31.3. The first-order chi connectivity index (χ1) is 9.47. The Hall–Kier alpha value is -0.850. The fraction of sp³-hybridized carbons (Fsp3) is 0.714. The number of aryl methyl sites for hydroxylation is 1. The highest BCUT2D eigenvalue weighted by molar-refractivity contribution is 7.89. The van der Waals surface area contributed by atoms with Crippen molar-refractivity contribution in [3.63, 3.8) is 0 Å². The molecule has 1 N–H and O–H groups in total. The zero-order valence-corrected chi connectivity index (χ0v) is 13.1. The Morgan fingerprint density at radius 3 is 2.80 bits per heavy atom. The fourth-order valence-corrected chi connectivity index (χ4v) is 3.72. The van der Waals surface area contributed by atoms with Crippen LogP contribution in [0.4, 0.5) is 0 Å². The van der Waals surface area contributed by atoms with E-state index in [1.165, 1.54) is 17.1 Å². The average molecular weight is 300 g/mol. The van der Waals surface area contributed by atoms with E-state index in [2.05, 4.69) is 5.32 Å². The van der Waals surface area contributed by atoms with Crippen molar-refractivity contribution in [2.24, 2.45) is 0 Å². The van der Waals surface area contributed by atoms with E-state index in [9.17, 15) is 8.42 Å². The number of rotatable bonds is 6. The van der Waals surface area contributed by atoms with Gasteiger partial charge in [-0.25, -0.2) is 8.42 Å². The summed E-state index contributed by atoms with van der Waals surface area (Å²) in [6.07, 6.45) is 4.15. The summed E-state index contributed by atoms with van der Waals surface area (Å²) in [4.78, 5) is 0. The van der Waals surface area contributed by atoms with Crippen LogP contribution in [0.25, 0.3) is 0 Å². The van der Waals surface area contributed by atoms with Gasteiger partial charge >= 0.3 is 0 Å². The number of nitrogens with one attached hydrogen (secondary N) is 1. The van der Waals surface area contributed by atoms with Gasteiger partial charge in [0.05, 0.1) is 12.3 Å². The smallest absolute Gasteiger partial charge is 0.214 e. The van der Waals surface area contributed by atoms with E-state index in [0.717, 1.165) is 18.7 Å². The van der Waals surface area contributed by atoms with Crippen molar-refractivity contribution in [2.45, 2.75) is 45.2 Å². The topological polar surface area (TPSA) is 62.6 Å². The van der Waals surface area contributed by atoms with E-state index >= 15 is 0 Å². The molecule has 0 spiro atoms. The third kappa shape index (κ3) is 4.33. The molecule has 5 nitrogen and oxygen atoms in total. The van der Waals surface area contributed by atoms with Crippen LogP contribution < -0.4 is 5.32 Å². The minimum absolute atomic E-state index is 0.195. The molecule has 20 heavy (non-hydrogen) atoms. The molecule has 6 heteroatoms. The van der Waals surface area contributed by atoms with Crippen LogP contribution in [0, 0.1) is 6.92 Å². The van der Waals surface area contributed by atoms with Crippen LogP contribution in [0.5, 0.6) is 0 Å². The number of furan rings is 1. The second-order valence-corrected chi connectivity index (χ2v) is 7.72. The molecular weight excluding hydrogens is 276 g/mol. The lowest BCUT2D eigenvalue weighted by Gasteiger charge is -2.24. The van der Waals surface area contributed by atoms with Crippen molar-refractivity contribution in [1.82, 2.24) is 9.62 Å². The Morgan fingerprint density at radius 2 is 2.20 bits per heavy atom. The van der Waals surface area contributed by atoms with Crippen molar-refractivity contribution in [2.75, 3.05) is 19.3 Å². The van der Waals surface area contributed by atoms with Gasteiger partial charge < -0.3 is 9.73 Å². The van der Waals surface area contributed by atoms with Crippen molar-refractivity contribution >= 4 is 10.0 Å². The van der Waals surface area contributed by atoms with E-state index in [1.807, 2.05) is 19.1 Å². The largest absolute Gasteiger partial charge is 0.465 e. The molecule has 0 aliphatic carbocycles. The molecule has 2 rings (SSSR count). The Balaban J connectivity index is 1.85. The molecule has 2 heterocycles. The summed E-state index contributed by atoms with van der Waals surface area (Å²) in [5.41, 5.74) is 0. The normalized spacial score (nSPS) is 20.4. The van der Waals surface area contributed by atoms with Crippen LogP contribution in [0.1, 0.15) is 37.2 Å². The fourth-order valence-electron chi connectivity index (χ4n) is 2.51. The molecule has 1 saturated heterocycles. The first kappa shape index (κ1) is 15.5. The SMILES string of the molecule is Cc1ccc(CN(C)S(=O)(=O)CCC2CCCCN2)o1. The van der Waals surface area contributed by atoms with Gasteiger partial charge in [0.1, 0.15) is 11.5 Å². The van der Waals surface area contributed by atoms with Crippen molar-refractivity contribution in [3.05, 3.63) is 23.7 Å². The number of hydrogen-bond donors (Lipinski definition) is 1. The van der Waals surface area contributed by atoms with Crippen LogP contribution in [0.2, 0.25) is 0 Å². The molecule has 0 bridgehead atoms. The maximum atomic E-state index is 12.2. The highest BCUT2D eigenvalue weighted by Gasteiger charge is 2.22. The minimum Gasteiger partial charge on any atom is -0.465 e. The zero-order valence-electron chi connectivity index (χ0n) is 12.3. The molecular formula is C14H24N2O3S. The molecule has 1 aliphatic rings. The lowest BCUT2D eigenvalue weighted by Crippen LogP contribution is -2.37. The molecule has 1 fully saturated rings. The number of piperidine rings is 1. The van der Waals surface area contributed by atoms with E-state index in [4.69, 9.17) is 4.42 Å². The number of hydrogen-bond acceptors (Lipinski definition) is 4. The van der Waals surface area contributed by atoms with Crippen LogP contribution in [-0.2, 0) is 16.6 Å². The van der Waals surface area contributed by atoms with Gasteiger partial charge in [-0.1, -0.05) is 6.42 Å². The third-order valence-corrected chi connectivity index (χ3v) is 5.62. The van der Waals surface area contributed by atoms with E-state index in [0.29, 0.717) is 24.8 Å². The summed E-state index contributed by atoms with van der Waals surface area (Å²) in [5.74, 6) is 1.68. The van der Waals surface area contributed by atoms with Gasteiger partial charge in [0.2, 0.25) is 10.0 Å². The molecule has 1 aromatic rings. The molecule has 0 radical (unpaired) electrons. The molecule has 1 aromatic heterocycles. The summed E-state index contributed by atoms with van der Waals surface area (Å²) in [6, 6.07) is 4.02. The highest BCUT2D eigenvalue weighted by atomic mass is 32.2. The van der Waals surface area contributed by atoms with E-state index in [-0.39, 0.29) is 5.75 Å². The molecule has 0 amide bonds. The summed E-state index contributed by atoms with van der Waals surface area (Å²) >= 11 is 0. The quantitative estimate of drug-likeness (QED) is 0.871. The summed E-state index contributed by atoms with van der Waals surface area (Å²) in [5, 5.41) is 3.38. The number of nitrogens with zero attached hydrogens (tertiary/aromatic N) is 1. The third-order valence-electron chi connectivity index (χ3n) is 3.79. The standard InChI is InChI=1S/C14H24N2O3S/c1-12-6-7-14(19-12)11-16(2)20(17,18)10-8-13-5-3-4-9-15-13/h6-7,13,15H,3-5,8-11H2,1-2H3. The Labute approximate surface area is 121 Å². The zero-order chi connectivity index (χ0) is 14.6. The Kier molecular flexibility index (Phi) is 5.23. The Bertz CT molecular complexity index is 518. The first-order valence-corrected chi connectivity index (χ1v) is 8.81. The Morgan fingerprint density at radius 1 is 1.40 bits per heavy atom. The first-order valence-electron chi connectivity index (χ1n) is 7.20. The molecule has 1 atom stereocenters. The maximum absolute atomic E-state index is 12.2. The lowest BCUT2D eigenvalue weighted by molar-refractivity contribution is 0.380. The monoisotopic (exact) mass is 300 g/mol. The van der Waals surface area contributed by atoms with E-state index in [1.54, 1.807) is 7.05 Å². The number of sulfonamides is 1. The minimum atomic E-state index is -3.22. The maximum Gasteiger partial charge on any atom is 0.214 e. The highest BCUT2D eigenvalue weighted by Crippen LogP contribution is 2.15. The van der Waals surface area contributed by atoms with Crippen molar-refractivity contribution < 1.29 is 12.8 Å². The van der Waals surface area contributed by atoms with Gasteiger partial charge in [-0.15, -0.1) is 0 Å². The van der Waals surface area contributed by atoms with Gasteiger partial charge in [-0.05, 0) is 44.9 Å². The van der Waals surface area contributed by atoms with Crippen LogP contribution >= 0.6 is 0 Å². The molecule has 0 aromatic carbocycles. The average Bonchev–Trinajstić information content (AvgIpc) is 2.83. The second kappa shape index (κ2) is 6.74. The van der Waals surface area contributed by atoms with Crippen LogP contribution in [0.3, 0.4) is 0 Å². The molecule has 1 aliphatic heterocycles. The van der Waals surface area contributed by atoms with Gasteiger partial charge in [0.15, 0.2) is 0 Å². The van der Waals surface area contributed by atoms with Gasteiger partial charge in [0.25, 0.3) is 0 Å². The van der Waals surface area contributed by atoms with E-state index < -0.39 is 10.0 Å². The predicted octanol–water partition coefficient (Wildman–Crippen LogP) is 1.88. The van der Waals surface area contributed by atoms with Gasteiger partial charge in [-0.3, -0.25) is 0 Å². The van der Waals surface area contributed by atoms with Crippen molar-refractivity contribution in [1.29, 1.82) is 0 Å². The summed E-state index contributed by atoms with van der Waals surface area (Å²) in [7, 11) is -1.60.